The lowest BCUT2D eigenvalue weighted by molar-refractivity contribution is -0.132. The van der Waals surface area contributed by atoms with Gasteiger partial charge in [0.25, 0.3) is 11.7 Å². The lowest BCUT2D eigenvalue weighted by atomic mass is 9.94. The van der Waals surface area contributed by atoms with Crippen LogP contribution < -0.4 is 9.64 Å². The van der Waals surface area contributed by atoms with E-state index < -0.39 is 17.7 Å². The van der Waals surface area contributed by atoms with Gasteiger partial charge in [0, 0.05) is 17.4 Å². The number of hydrogen-bond acceptors (Lipinski definition) is 5. The molecule has 6 heteroatoms. The number of ketones is 1. The number of aliphatic hydroxyl groups is 1. The second-order valence-electron chi connectivity index (χ2n) is 9.05. The smallest absolute Gasteiger partial charge is 0.300 e. The molecule has 0 radical (unpaired) electrons. The third-order valence-electron chi connectivity index (χ3n) is 6.23. The number of aliphatic hydroxyl groups excluding tert-OH is 1. The number of benzene rings is 2. The van der Waals surface area contributed by atoms with Crippen molar-refractivity contribution in [2.24, 2.45) is 0 Å². The van der Waals surface area contributed by atoms with Gasteiger partial charge >= 0.3 is 0 Å². The Kier molecular flexibility index (Phi) is 6.74. The Morgan fingerprint density at radius 1 is 1.09 bits per heavy atom. The molecule has 0 aliphatic carbocycles. The summed E-state index contributed by atoms with van der Waals surface area (Å²) in [7, 11) is 0. The van der Waals surface area contributed by atoms with Crippen molar-refractivity contribution in [3.05, 3.63) is 94.3 Å². The van der Waals surface area contributed by atoms with Gasteiger partial charge in [-0.3, -0.25) is 19.5 Å². The summed E-state index contributed by atoms with van der Waals surface area (Å²) in [5, 5.41) is 11.5. The van der Waals surface area contributed by atoms with Gasteiger partial charge in [0.1, 0.15) is 17.6 Å². The van der Waals surface area contributed by atoms with Crippen molar-refractivity contribution in [1.82, 2.24) is 4.98 Å². The summed E-state index contributed by atoms with van der Waals surface area (Å²) in [6, 6.07) is 15.5. The number of hydrogen-bond donors (Lipinski definition) is 1. The molecule has 0 bridgehead atoms. The molecule has 6 nitrogen and oxygen atoms in total. The van der Waals surface area contributed by atoms with E-state index in [1.807, 2.05) is 58.9 Å². The fourth-order valence-corrected chi connectivity index (χ4v) is 4.56. The topological polar surface area (TPSA) is 79.7 Å². The minimum atomic E-state index is -0.855. The first-order valence-corrected chi connectivity index (χ1v) is 11.8. The van der Waals surface area contributed by atoms with Gasteiger partial charge in [-0.2, -0.15) is 0 Å². The molecule has 180 valence electrons. The largest absolute Gasteiger partial charge is 0.507 e. The van der Waals surface area contributed by atoms with Gasteiger partial charge in [0.2, 0.25) is 0 Å². The van der Waals surface area contributed by atoms with Gasteiger partial charge in [-0.1, -0.05) is 37.6 Å². The minimum Gasteiger partial charge on any atom is -0.507 e. The van der Waals surface area contributed by atoms with E-state index in [2.05, 4.69) is 4.98 Å². The highest BCUT2D eigenvalue weighted by Crippen LogP contribution is 2.43. The Morgan fingerprint density at radius 2 is 1.86 bits per heavy atom. The summed E-state index contributed by atoms with van der Waals surface area (Å²) in [4.78, 5) is 32.7. The van der Waals surface area contributed by atoms with Crippen molar-refractivity contribution in [2.75, 3.05) is 11.5 Å². The van der Waals surface area contributed by atoms with E-state index in [-0.39, 0.29) is 17.3 Å². The van der Waals surface area contributed by atoms with E-state index in [1.54, 1.807) is 36.5 Å². The molecule has 1 amide bonds. The number of amides is 1. The average molecular weight is 471 g/mol. The number of nitrogens with zero attached hydrogens (tertiary/aromatic N) is 2. The van der Waals surface area contributed by atoms with Gasteiger partial charge in [-0.05, 0) is 74.2 Å². The second kappa shape index (κ2) is 9.74. The molecular formula is C29H30N2O4. The van der Waals surface area contributed by atoms with E-state index in [9.17, 15) is 14.7 Å². The van der Waals surface area contributed by atoms with Crippen LogP contribution in [0.25, 0.3) is 5.76 Å². The second-order valence-corrected chi connectivity index (χ2v) is 9.05. The summed E-state index contributed by atoms with van der Waals surface area (Å²) in [6.07, 6.45) is 1.62. The number of ether oxygens (including phenoxy) is 1. The monoisotopic (exact) mass is 470 g/mol. The molecule has 1 aromatic heterocycles. The van der Waals surface area contributed by atoms with Crippen LogP contribution in [0.3, 0.4) is 0 Å². The van der Waals surface area contributed by atoms with Crippen molar-refractivity contribution in [2.45, 2.75) is 46.6 Å². The molecule has 1 unspecified atom stereocenters. The average Bonchev–Trinajstić information content (AvgIpc) is 3.10. The van der Waals surface area contributed by atoms with Crippen molar-refractivity contribution < 1.29 is 19.4 Å². The predicted molar refractivity (Wildman–Crippen MR) is 137 cm³/mol. The van der Waals surface area contributed by atoms with Crippen LogP contribution in [0.5, 0.6) is 5.75 Å². The maximum Gasteiger partial charge on any atom is 0.300 e. The number of carbonyl (C=O) groups is 2. The minimum absolute atomic E-state index is 0.0209. The first kappa shape index (κ1) is 24.2. The van der Waals surface area contributed by atoms with Crippen molar-refractivity contribution in [3.63, 3.8) is 0 Å². The molecule has 2 heterocycles. The van der Waals surface area contributed by atoms with Crippen molar-refractivity contribution in [3.8, 4) is 5.75 Å². The Hall–Kier alpha value is -3.93. The fraction of sp³-hybridized carbons (Fsp3) is 0.276. The van der Waals surface area contributed by atoms with Crippen LogP contribution in [0, 0.1) is 13.8 Å². The third-order valence-corrected chi connectivity index (χ3v) is 6.23. The lowest BCUT2D eigenvalue weighted by Crippen LogP contribution is -2.30. The Morgan fingerprint density at radius 3 is 2.49 bits per heavy atom. The molecule has 1 atom stereocenters. The van der Waals surface area contributed by atoms with E-state index >= 15 is 0 Å². The van der Waals surface area contributed by atoms with Crippen LogP contribution in [-0.4, -0.2) is 28.4 Å². The van der Waals surface area contributed by atoms with Crippen LogP contribution in [0.4, 0.5) is 5.69 Å². The molecule has 1 saturated heterocycles. The Bertz CT molecular complexity index is 1310. The number of pyridine rings is 1. The standard InChI is InChI=1S/C29H30N2O4/c1-6-35-24-13-11-20(16-21(24)17(2)3)27(32)25-26(22-9-7-8-14-30-22)31(29(34)28(25)33)23-12-10-18(4)15-19(23)5/h7-17,26,32H,6H2,1-5H3/b27-25-. The summed E-state index contributed by atoms with van der Waals surface area (Å²) < 4.78 is 5.75. The maximum atomic E-state index is 13.4. The molecule has 35 heavy (non-hydrogen) atoms. The molecule has 3 aromatic rings. The van der Waals surface area contributed by atoms with Crippen molar-refractivity contribution in [1.29, 1.82) is 0 Å². The molecule has 1 aliphatic rings. The Balaban J connectivity index is 1.94. The zero-order chi connectivity index (χ0) is 25.3. The normalized spacial score (nSPS) is 17.3. The van der Waals surface area contributed by atoms with Gasteiger partial charge in [0.15, 0.2) is 0 Å². The molecule has 1 N–H and O–H groups in total. The summed E-state index contributed by atoms with van der Waals surface area (Å²) in [5.74, 6) is -0.789. The van der Waals surface area contributed by atoms with Crippen LogP contribution in [0.2, 0.25) is 0 Å². The number of anilines is 1. The predicted octanol–water partition coefficient (Wildman–Crippen LogP) is 5.85. The molecule has 1 fully saturated rings. The number of carbonyl (C=O) groups excluding carboxylic acids is 2. The highest BCUT2D eigenvalue weighted by Gasteiger charge is 2.48. The molecule has 2 aromatic carbocycles. The van der Waals surface area contributed by atoms with Gasteiger partial charge in [-0.25, -0.2) is 0 Å². The van der Waals surface area contributed by atoms with Crippen LogP contribution in [0.15, 0.2) is 66.4 Å². The number of aromatic nitrogens is 1. The van der Waals surface area contributed by atoms with Gasteiger partial charge in [0.05, 0.1) is 17.9 Å². The number of aryl methyl sites for hydroxylation is 2. The number of Topliss-reactive ketones (excluding diaryl/α,β-unsaturated/α-hetero) is 1. The first-order chi connectivity index (χ1) is 16.7. The van der Waals surface area contributed by atoms with E-state index in [4.69, 9.17) is 4.74 Å². The van der Waals surface area contributed by atoms with E-state index in [1.165, 1.54) is 4.90 Å². The summed E-state index contributed by atoms with van der Waals surface area (Å²) in [5.41, 5.74) is 4.41. The van der Waals surface area contributed by atoms with Crippen LogP contribution in [0.1, 0.15) is 60.7 Å². The third kappa shape index (κ3) is 4.44. The summed E-state index contributed by atoms with van der Waals surface area (Å²) in [6.45, 7) is 10.4. The Labute approximate surface area is 205 Å². The highest BCUT2D eigenvalue weighted by atomic mass is 16.5. The zero-order valence-corrected chi connectivity index (χ0v) is 20.7. The van der Waals surface area contributed by atoms with Crippen molar-refractivity contribution >= 4 is 23.1 Å². The first-order valence-electron chi connectivity index (χ1n) is 11.8. The molecule has 1 aliphatic heterocycles. The van der Waals surface area contributed by atoms with Gasteiger partial charge < -0.3 is 9.84 Å². The SMILES string of the molecule is CCOc1ccc(/C(O)=C2/C(=O)C(=O)N(c3ccc(C)cc3C)C2c2ccccn2)cc1C(C)C. The summed E-state index contributed by atoms with van der Waals surface area (Å²) >= 11 is 0. The molecule has 0 spiro atoms. The number of rotatable bonds is 6. The van der Waals surface area contributed by atoms with E-state index in [0.717, 1.165) is 22.4 Å². The van der Waals surface area contributed by atoms with Crippen LogP contribution >= 0.6 is 0 Å². The fourth-order valence-electron chi connectivity index (χ4n) is 4.56. The molecule has 4 rings (SSSR count). The van der Waals surface area contributed by atoms with Crippen LogP contribution in [-0.2, 0) is 9.59 Å². The molecule has 0 saturated carbocycles. The zero-order valence-electron chi connectivity index (χ0n) is 20.7. The lowest BCUT2D eigenvalue weighted by Gasteiger charge is -2.26. The van der Waals surface area contributed by atoms with E-state index in [0.29, 0.717) is 23.6 Å². The molecular weight excluding hydrogens is 440 g/mol. The quantitative estimate of drug-likeness (QED) is 0.278. The maximum absolute atomic E-state index is 13.4. The highest BCUT2D eigenvalue weighted by molar-refractivity contribution is 6.51. The van der Waals surface area contributed by atoms with Gasteiger partial charge in [-0.15, -0.1) is 0 Å².